The lowest BCUT2D eigenvalue weighted by Gasteiger charge is -2.45. The van der Waals surface area contributed by atoms with Gasteiger partial charge in [-0.25, -0.2) is 4.79 Å². The molecule has 2 N–H and O–H groups in total. The minimum atomic E-state index is -2.95. The number of aliphatic carboxylic acids is 1. The van der Waals surface area contributed by atoms with E-state index in [1.54, 1.807) is 12.1 Å². The van der Waals surface area contributed by atoms with Crippen molar-refractivity contribution in [3.63, 3.8) is 0 Å². The lowest BCUT2D eigenvalue weighted by molar-refractivity contribution is -0.139. The second-order valence-electron chi connectivity index (χ2n) is 13.6. The van der Waals surface area contributed by atoms with Crippen LogP contribution in [0.15, 0.2) is 103 Å². The van der Waals surface area contributed by atoms with Gasteiger partial charge in [0.2, 0.25) is 5.75 Å². The van der Waals surface area contributed by atoms with E-state index in [2.05, 4.69) is 82.8 Å². The monoisotopic (exact) mass is 656 g/mol. The molecule has 1 aliphatic heterocycles. The van der Waals surface area contributed by atoms with Gasteiger partial charge in [-0.3, -0.25) is 0 Å². The summed E-state index contributed by atoms with van der Waals surface area (Å²) < 4.78 is 26.4. The van der Waals surface area contributed by atoms with E-state index in [0.29, 0.717) is 30.1 Å². The molecule has 0 saturated heterocycles. The van der Waals surface area contributed by atoms with Crippen LogP contribution in [-0.4, -0.2) is 55.5 Å². The van der Waals surface area contributed by atoms with Crippen LogP contribution in [0.25, 0.3) is 0 Å². The van der Waals surface area contributed by atoms with Crippen LogP contribution in [-0.2, 0) is 9.22 Å². The van der Waals surface area contributed by atoms with Crippen molar-refractivity contribution in [3.05, 3.63) is 103 Å². The van der Waals surface area contributed by atoms with Crippen LogP contribution in [0.2, 0.25) is 5.04 Å². The van der Waals surface area contributed by atoms with Crippen molar-refractivity contribution in [2.75, 3.05) is 6.61 Å². The van der Waals surface area contributed by atoms with Gasteiger partial charge in [-0.05, 0) is 46.8 Å². The summed E-state index contributed by atoms with van der Waals surface area (Å²) in [7, 11) is -2.95. The van der Waals surface area contributed by atoms with Gasteiger partial charge in [0.15, 0.2) is 18.1 Å². The van der Waals surface area contributed by atoms with Gasteiger partial charge in [-0.2, -0.15) is 0 Å². The number of fused-ring (bicyclic) bond motifs is 2. The highest BCUT2D eigenvalue weighted by atomic mass is 28.4. The minimum absolute atomic E-state index is 0.239. The molecule has 0 aromatic heterocycles. The van der Waals surface area contributed by atoms with Gasteiger partial charge in [0, 0.05) is 12.3 Å². The van der Waals surface area contributed by atoms with E-state index in [1.807, 2.05) is 30.4 Å². The Bertz CT molecular complexity index is 1490. The number of unbranched alkanes of at least 4 members (excludes halogenated alkanes) is 1. The first-order chi connectivity index (χ1) is 22.5. The predicted molar refractivity (Wildman–Crippen MR) is 187 cm³/mol. The van der Waals surface area contributed by atoms with Crippen LogP contribution in [0.1, 0.15) is 59.8 Å². The minimum Gasteiger partial charge on any atom is -0.482 e. The summed E-state index contributed by atoms with van der Waals surface area (Å²) in [6.45, 7) is 12.6. The molecule has 0 amide bonds. The fraction of sp³-hybridized carbons (Fsp3) is 0.410. The molecule has 3 aromatic carbocycles. The van der Waals surface area contributed by atoms with Gasteiger partial charge in [0.05, 0.1) is 12.2 Å². The fourth-order valence-corrected chi connectivity index (χ4v) is 11.7. The molecule has 250 valence electrons. The molecule has 3 aromatic rings. The Morgan fingerprint density at radius 1 is 1.02 bits per heavy atom. The van der Waals surface area contributed by atoms with Crippen LogP contribution in [0.3, 0.4) is 0 Å². The Balaban J connectivity index is 1.54. The van der Waals surface area contributed by atoms with Crippen LogP contribution >= 0.6 is 0 Å². The maximum Gasteiger partial charge on any atom is 0.341 e. The van der Waals surface area contributed by atoms with E-state index < -0.39 is 33.1 Å². The summed E-state index contributed by atoms with van der Waals surface area (Å²) in [6.07, 6.45) is 6.21. The smallest absolute Gasteiger partial charge is 0.341 e. The van der Waals surface area contributed by atoms with E-state index in [0.717, 1.165) is 24.8 Å². The highest BCUT2D eigenvalue weighted by Crippen LogP contribution is 2.49. The van der Waals surface area contributed by atoms with Gasteiger partial charge >= 0.3 is 5.97 Å². The molecule has 0 spiro atoms. The highest BCUT2D eigenvalue weighted by Gasteiger charge is 2.56. The number of carboxylic acid groups (broad SMARTS) is 1. The number of aliphatic hydroxyl groups is 1. The van der Waals surface area contributed by atoms with Crippen LogP contribution < -0.4 is 24.6 Å². The van der Waals surface area contributed by atoms with E-state index in [4.69, 9.17) is 18.6 Å². The van der Waals surface area contributed by atoms with Gasteiger partial charge in [0.25, 0.3) is 8.32 Å². The lowest BCUT2D eigenvalue weighted by atomic mass is 9.99. The van der Waals surface area contributed by atoms with Crippen LogP contribution in [0.5, 0.6) is 17.2 Å². The van der Waals surface area contributed by atoms with Gasteiger partial charge < -0.3 is 28.8 Å². The van der Waals surface area contributed by atoms with E-state index in [9.17, 15) is 15.0 Å². The summed E-state index contributed by atoms with van der Waals surface area (Å²) in [5, 5.41) is 22.4. The summed E-state index contributed by atoms with van der Waals surface area (Å²) in [5.74, 6) is -0.0917. The van der Waals surface area contributed by atoms with E-state index in [1.165, 1.54) is 10.4 Å². The molecule has 5 atom stereocenters. The van der Waals surface area contributed by atoms with Crippen LogP contribution in [0, 0.1) is 5.92 Å². The molecule has 1 heterocycles. The number of hydrogen-bond acceptors (Lipinski definition) is 6. The quantitative estimate of drug-likeness (QED) is 0.148. The fourth-order valence-electron chi connectivity index (χ4n) is 6.93. The predicted octanol–water partition coefficient (Wildman–Crippen LogP) is 6.68. The van der Waals surface area contributed by atoms with Crippen molar-refractivity contribution < 1.29 is 33.6 Å². The molecule has 0 bridgehead atoms. The summed E-state index contributed by atoms with van der Waals surface area (Å²) in [4.78, 5) is 11.3. The molecule has 1 fully saturated rings. The number of ether oxygens (including phenoxy) is 3. The zero-order chi connectivity index (χ0) is 33.6. The van der Waals surface area contributed by atoms with Crippen molar-refractivity contribution in [3.8, 4) is 17.2 Å². The zero-order valence-electron chi connectivity index (χ0n) is 27.9. The SMILES string of the molecule is C=C(CCCC)C[C@H](O)C=C[C@@H]1[C@H]2Oc3cccc(OCC(=O)O)c3O[C@H]2C[C@H]1O[Si](c1ccccc1)(c1ccccc1)C(C)(C)C. The Hall–Kier alpha value is -3.85. The van der Waals surface area contributed by atoms with E-state index >= 15 is 0 Å². The largest absolute Gasteiger partial charge is 0.482 e. The molecule has 2 aliphatic rings. The first-order valence-corrected chi connectivity index (χ1v) is 18.6. The maximum atomic E-state index is 11.3. The van der Waals surface area contributed by atoms with Crippen molar-refractivity contribution in [2.45, 2.75) is 89.3 Å². The number of carboxylic acids is 1. The molecule has 1 aliphatic carbocycles. The molecule has 1 saturated carbocycles. The van der Waals surface area contributed by atoms with Gasteiger partial charge in [-0.1, -0.05) is 125 Å². The second-order valence-corrected chi connectivity index (χ2v) is 17.9. The van der Waals surface area contributed by atoms with Gasteiger partial charge in [0.1, 0.15) is 12.2 Å². The molecule has 7 nitrogen and oxygen atoms in total. The summed E-state index contributed by atoms with van der Waals surface area (Å²) in [5.41, 5.74) is 1.04. The third-order valence-electron chi connectivity index (χ3n) is 9.15. The molecular weight excluding hydrogens is 609 g/mol. The van der Waals surface area contributed by atoms with Crippen molar-refractivity contribution in [1.29, 1.82) is 0 Å². The number of para-hydroxylation sites is 1. The second kappa shape index (κ2) is 14.9. The third-order valence-corrected chi connectivity index (χ3v) is 14.2. The first-order valence-electron chi connectivity index (χ1n) is 16.7. The van der Waals surface area contributed by atoms with E-state index in [-0.39, 0.29) is 23.2 Å². The molecule has 0 unspecified atom stereocenters. The topological polar surface area (TPSA) is 94.5 Å². The normalized spacial score (nSPS) is 21.3. The average Bonchev–Trinajstić information content (AvgIpc) is 3.38. The van der Waals surface area contributed by atoms with Crippen LogP contribution in [0.4, 0.5) is 0 Å². The number of rotatable bonds is 14. The van der Waals surface area contributed by atoms with Crippen molar-refractivity contribution in [2.24, 2.45) is 5.92 Å². The Morgan fingerprint density at radius 3 is 2.28 bits per heavy atom. The summed E-state index contributed by atoms with van der Waals surface area (Å²) in [6, 6.07) is 26.3. The number of aliphatic hydroxyl groups excluding tert-OH is 1. The Kier molecular flexibility index (Phi) is 10.9. The van der Waals surface area contributed by atoms with Crippen molar-refractivity contribution in [1.82, 2.24) is 0 Å². The Labute approximate surface area is 280 Å². The number of benzene rings is 3. The summed E-state index contributed by atoms with van der Waals surface area (Å²) >= 11 is 0. The zero-order valence-corrected chi connectivity index (χ0v) is 28.9. The lowest BCUT2D eigenvalue weighted by Crippen LogP contribution is -2.68. The molecule has 0 radical (unpaired) electrons. The third kappa shape index (κ3) is 7.66. The maximum absolute atomic E-state index is 11.3. The molecular formula is C39H48O7Si. The first kappa shape index (κ1) is 34.5. The number of carbonyl (C=O) groups is 1. The highest BCUT2D eigenvalue weighted by molar-refractivity contribution is 6.99. The standard InChI is InChI=1S/C39H48O7Si/c1-6-7-15-27(2)24-28(40)22-23-31-34(25-35-37(31)44-33-21-14-20-32(38(33)45-35)43-26-36(41)42)46-47(39(3,4)5,29-16-10-8-11-17-29)30-18-12-9-13-19-30/h8-14,16-23,28,31,34-35,37,40H,2,6-7,15,24-26H2,1,3-5H3,(H,41,42)/t28-,31+,34-,35+,37-/m1/s1. The Morgan fingerprint density at radius 2 is 1.68 bits per heavy atom. The number of hydrogen-bond donors (Lipinski definition) is 2. The average molecular weight is 657 g/mol. The van der Waals surface area contributed by atoms with Crippen molar-refractivity contribution >= 4 is 24.7 Å². The molecule has 47 heavy (non-hydrogen) atoms. The molecule has 8 heteroatoms. The van der Waals surface area contributed by atoms with Gasteiger partial charge in [-0.15, -0.1) is 0 Å². The molecule has 5 rings (SSSR count).